The van der Waals surface area contributed by atoms with E-state index in [-0.39, 0.29) is 18.1 Å². The number of nitrogens with zero attached hydrogens (tertiary/aromatic N) is 1. The van der Waals surface area contributed by atoms with Crippen LogP contribution in [0.3, 0.4) is 0 Å². The molecule has 2 aliphatic rings. The Morgan fingerprint density at radius 3 is 2.84 bits per heavy atom. The SMILES string of the molecule is C[C@@H]1NC(=S)N(C[C@@H]2COc3ccccc3O2)C1=O. The van der Waals surface area contributed by atoms with E-state index >= 15 is 0 Å². The van der Waals surface area contributed by atoms with Gasteiger partial charge in [0.1, 0.15) is 12.6 Å². The number of ether oxygens (including phenoxy) is 2. The summed E-state index contributed by atoms with van der Waals surface area (Å²) in [6, 6.07) is 7.24. The number of thiocarbonyl (C=S) groups is 1. The lowest BCUT2D eigenvalue weighted by Gasteiger charge is -2.29. The highest BCUT2D eigenvalue weighted by molar-refractivity contribution is 7.80. The number of carbonyl (C=O) groups excluding carboxylic acids is 1. The lowest BCUT2D eigenvalue weighted by molar-refractivity contribution is -0.127. The van der Waals surface area contributed by atoms with Crippen molar-refractivity contribution >= 4 is 23.2 Å². The van der Waals surface area contributed by atoms with Gasteiger partial charge >= 0.3 is 0 Å². The van der Waals surface area contributed by atoms with Gasteiger partial charge in [0.05, 0.1) is 6.54 Å². The Morgan fingerprint density at radius 2 is 2.16 bits per heavy atom. The molecule has 1 saturated heterocycles. The fourth-order valence-electron chi connectivity index (χ4n) is 2.19. The van der Waals surface area contributed by atoms with E-state index in [4.69, 9.17) is 21.7 Å². The van der Waals surface area contributed by atoms with Crippen LogP contribution in [0.5, 0.6) is 11.5 Å². The largest absolute Gasteiger partial charge is 0.486 e. The number of hydrogen-bond acceptors (Lipinski definition) is 4. The van der Waals surface area contributed by atoms with Gasteiger partial charge in [0, 0.05) is 0 Å². The minimum atomic E-state index is -0.260. The first-order chi connectivity index (χ1) is 9.15. The van der Waals surface area contributed by atoms with Crippen molar-refractivity contribution in [2.75, 3.05) is 13.2 Å². The fraction of sp³-hybridized carbons (Fsp3) is 0.385. The standard InChI is InChI=1S/C13H14N2O3S/c1-8-12(16)15(13(19)14-8)6-9-7-17-10-4-2-3-5-11(10)18-9/h2-5,8-9H,6-7H2,1H3,(H,14,19)/t8-,9+/m0/s1. The quantitative estimate of drug-likeness (QED) is 0.816. The summed E-state index contributed by atoms with van der Waals surface area (Å²) < 4.78 is 11.4. The molecule has 0 radical (unpaired) electrons. The summed E-state index contributed by atoms with van der Waals surface area (Å²) in [6.45, 7) is 2.61. The maximum atomic E-state index is 11.9. The van der Waals surface area contributed by atoms with Gasteiger partial charge in [-0.1, -0.05) is 12.1 Å². The number of carbonyl (C=O) groups is 1. The number of nitrogens with one attached hydrogen (secondary N) is 1. The van der Waals surface area contributed by atoms with Crippen LogP contribution in [-0.4, -0.2) is 41.2 Å². The molecule has 2 aliphatic heterocycles. The summed E-state index contributed by atoms with van der Waals surface area (Å²) in [6.07, 6.45) is -0.205. The third kappa shape index (κ3) is 2.23. The summed E-state index contributed by atoms with van der Waals surface area (Å²) in [4.78, 5) is 13.5. The molecule has 1 amide bonds. The lowest BCUT2D eigenvalue weighted by atomic mass is 10.2. The smallest absolute Gasteiger partial charge is 0.251 e. The molecule has 0 unspecified atom stereocenters. The van der Waals surface area contributed by atoms with Crippen molar-refractivity contribution in [2.45, 2.75) is 19.1 Å². The summed E-state index contributed by atoms with van der Waals surface area (Å²) in [7, 11) is 0. The van der Waals surface area contributed by atoms with Crippen molar-refractivity contribution in [1.82, 2.24) is 10.2 Å². The highest BCUT2D eigenvalue weighted by Gasteiger charge is 2.35. The molecule has 1 N–H and O–H groups in total. The molecule has 6 heteroatoms. The van der Waals surface area contributed by atoms with Crippen molar-refractivity contribution in [3.63, 3.8) is 0 Å². The monoisotopic (exact) mass is 278 g/mol. The summed E-state index contributed by atoms with van der Waals surface area (Å²) in [5, 5.41) is 3.40. The molecular weight excluding hydrogens is 264 g/mol. The topological polar surface area (TPSA) is 50.8 Å². The Hall–Kier alpha value is -1.82. The Morgan fingerprint density at radius 1 is 1.42 bits per heavy atom. The van der Waals surface area contributed by atoms with Crippen LogP contribution in [0.25, 0.3) is 0 Å². The van der Waals surface area contributed by atoms with Gasteiger partial charge < -0.3 is 14.8 Å². The van der Waals surface area contributed by atoms with E-state index in [1.807, 2.05) is 24.3 Å². The molecule has 0 bridgehead atoms. The van der Waals surface area contributed by atoms with Crippen molar-refractivity contribution < 1.29 is 14.3 Å². The molecule has 2 heterocycles. The van der Waals surface area contributed by atoms with E-state index in [0.29, 0.717) is 24.0 Å². The average Bonchev–Trinajstić information content (AvgIpc) is 2.65. The second-order valence-electron chi connectivity index (χ2n) is 4.62. The van der Waals surface area contributed by atoms with Crippen LogP contribution < -0.4 is 14.8 Å². The van der Waals surface area contributed by atoms with E-state index < -0.39 is 0 Å². The number of hydrogen-bond donors (Lipinski definition) is 1. The second-order valence-corrected chi connectivity index (χ2v) is 5.00. The molecule has 0 aromatic heterocycles. The molecule has 1 fully saturated rings. The van der Waals surface area contributed by atoms with Gasteiger partial charge in [0.2, 0.25) is 0 Å². The van der Waals surface area contributed by atoms with Gasteiger partial charge in [0.25, 0.3) is 5.91 Å². The van der Waals surface area contributed by atoms with Gasteiger partial charge in [0.15, 0.2) is 22.7 Å². The fourth-order valence-corrected chi connectivity index (χ4v) is 2.53. The Bertz CT molecular complexity index is 534. The van der Waals surface area contributed by atoms with E-state index in [1.54, 1.807) is 11.8 Å². The minimum Gasteiger partial charge on any atom is -0.486 e. The molecule has 0 saturated carbocycles. The zero-order valence-corrected chi connectivity index (χ0v) is 11.3. The zero-order chi connectivity index (χ0) is 13.4. The van der Waals surface area contributed by atoms with Crippen molar-refractivity contribution in [2.24, 2.45) is 0 Å². The molecule has 3 rings (SSSR count). The second kappa shape index (κ2) is 4.70. The van der Waals surface area contributed by atoms with Crippen LogP contribution in [0.4, 0.5) is 0 Å². The number of fused-ring (bicyclic) bond motifs is 1. The molecule has 5 nitrogen and oxygen atoms in total. The van der Waals surface area contributed by atoms with E-state index in [2.05, 4.69) is 5.32 Å². The lowest BCUT2D eigenvalue weighted by Crippen LogP contribution is -2.43. The number of amides is 1. The Kier molecular flexibility index (Phi) is 3.02. The van der Waals surface area contributed by atoms with E-state index in [1.165, 1.54) is 0 Å². The molecular formula is C13H14N2O3S. The maximum absolute atomic E-state index is 11.9. The predicted octanol–water partition coefficient (Wildman–Crippen LogP) is 0.932. The van der Waals surface area contributed by atoms with Crippen molar-refractivity contribution in [1.29, 1.82) is 0 Å². The third-order valence-electron chi connectivity index (χ3n) is 3.18. The predicted molar refractivity (Wildman–Crippen MR) is 73.3 cm³/mol. The van der Waals surface area contributed by atoms with Gasteiger partial charge in [-0.05, 0) is 31.3 Å². The minimum absolute atomic E-state index is 0.0209. The zero-order valence-electron chi connectivity index (χ0n) is 10.5. The van der Waals surface area contributed by atoms with Crippen LogP contribution in [0.15, 0.2) is 24.3 Å². The first-order valence-corrected chi connectivity index (χ1v) is 6.56. The molecule has 19 heavy (non-hydrogen) atoms. The molecule has 0 aliphatic carbocycles. The Balaban J connectivity index is 1.70. The van der Waals surface area contributed by atoms with E-state index in [0.717, 1.165) is 5.75 Å². The number of para-hydroxylation sites is 2. The van der Waals surface area contributed by atoms with Crippen molar-refractivity contribution in [3.8, 4) is 11.5 Å². The summed E-state index contributed by atoms with van der Waals surface area (Å²) in [5.41, 5.74) is 0. The van der Waals surface area contributed by atoms with Crippen LogP contribution in [0.2, 0.25) is 0 Å². The van der Waals surface area contributed by atoms with E-state index in [9.17, 15) is 4.79 Å². The average molecular weight is 278 g/mol. The number of benzene rings is 1. The van der Waals surface area contributed by atoms with Crippen LogP contribution >= 0.6 is 12.2 Å². The third-order valence-corrected chi connectivity index (χ3v) is 3.51. The van der Waals surface area contributed by atoms with Gasteiger partial charge in [-0.15, -0.1) is 0 Å². The maximum Gasteiger partial charge on any atom is 0.251 e. The first-order valence-electron chi connectivity index (χ1n) is 6.15. The summed E-state index contributed by atoms with van der Waals surface area (Å²) in [5.74, 6) is 1.42. The molecule has 100 valence electrons. The van der Waals surface area contributed by atoms with Gasteiger partial charge in [-0.25, -0.2) is 0 Å². The molecule has 2 atom stereocenters. The molecule has 1 aromatic rings. The Labute approximate surface area is 116 Å². The van der Waals surface area contributed by atoms with Gasteiger partial charge in [-0.2, -0.15) is 0 Å². The first kappa shape index (κ1) is 12.2. The summed E-state index contributed by atoms with van der Waals surface area (Å²) >= 11 is 5.14. The highest BCUT2D eigenvalue weighted by Crippen LogP contribution is 2.31. The molecule has 0 spiro atoms. The normalized spacial score (nSPS) is 25.4. The highest BCUT2D eigenvalue weighted by atomic mass is 32.1. The van der Waals surface area contributed by atoms with Gasteiger partial charge in [-0.3, -0.25) is 9.69 Å². The molecule has 1 aromatic carbocycles. The van der Waals surface area contributed by atoms with Crippen LogP contribution in [0.1, 0.15) is 6.92 Å². The van der Waals surface area contributed by atoms with Crippen LogP contribution in [-0.2, 0) is 4.79 Å². The van der Waals surface area contributed by atoms with Crippen molar-refractivity contribution in [3.05, 3.63) is 24.3 Å². The van der Waals surface area contributed by atoms with Crippen LogP contribution in [0, 0.1) is 0 Å². The number of rotatable bonds is 2.